The molecule has 0 saturated carbocycles. The summed E-state index contributed by atoms with van der Waals surface area (Å²) in [6.07, 6.45) is 0. The van der Waals surface area contributed by atoms with E-state index < -0.39 is 0 Å². The summed E-state index contributed by atoms with van der Waals surface area (Å²) in [7, 11) is 0. The minimum absolute atomic E-state index is 0.0859. The molecule has 148 valence electrons. The fraction of sp³-hybridized carbons (Fsp3) is 0.227. The maximum atomic E-state index is 12.9. The fourth-order valence-corrected chi connectivity index (χ4v) is 4.93. The Morgan fingerprint density at radius 3 is 2.72 bits per heavy atom. The van der Waals surface area contributed by atoms with Gasteiger partial charge in [-0.25, -0.2) is 9.97 Å². The highest BCUT2D eigenvalue weighted by Crippen LogP contribution is 2.27. The molecule has 0 atom stereocenters. The van der Waals surface area contributed by atoms with Gasteiger partial charge in [-0.2, -0.15) is 0 Å². The van der Waals surface area contributed by atoms with Crippen LogP contribution in [0.5, 0.6) is 0 Å². The lowest BCUT2D eigenvalue weighted by atomic mass is 10.2. The van der Waals surface area contributed by atoms with Crippen LogP contribution in [0.4, 0.5) is 0 Å². The van der Waals surface area contributed by atoms with Crippen LogP contribution in [0.3, 0.4) is 0 Å². The predicted octanol–water partition coefficient (Wildman–Crippen LogP) is 5.04. The quantitative estimate of drug-likeness (QED) is 0.424. The molecule has 1 amide bonds. The molecule has 0 saturated heterocycles. The third kappa shape index (κ3) is 4.36. The van der Waals surface area contributed by atoms with E-state index in [1.807, 2.05) is 49.4 Å². The second-order valence-electron chi connectivity index (χ2n) is 6.59. The number of amides is 1. The van der Waals surface area contributed by atoms with E-state index in [0.717, 1.165) is 44.8 Å². The fourth-order valence-electron chi connectivity index (χ4n) is 3.27. The molecular weight excluding hydrogens is 400 g/mol. The van der Waals surface area contributed by atoms with E-state index in [4.69, 9.17) is 0 Å². The number of aromatic nitrogens is 3. The van der Waals surface area contributed by atoms with Crippen molar-refractivity contribution in [1.29, 1.82) is 0 Å². The highest BCUT2D eigenvalue weighted by molar-refractivity contribution is 7.98. The lowest BCUT2D eigenvalue weighted by Gasteiger charge is -2.10. The van der Waals surface area contributed by atoms with Crippen LogP contribution in [0, 0.1) is 6.92 Å². The number of aryl methyl sites for hydroxylation is 2. The molecule has 0 aliphatic rings. The molecular formula is C22H22N4OS2. The Morgan fingerprint density at radius 1 is 1.14 bits per heavy atom. The molecule has 1 N–H and O–H groups in total. The Morgan fingerprint density at radius 2 is 1.93 bits per heavy atom. The number of imidazole rings is 1. The van der Waals surface area contributed by atoms with Crippen molar-refractivity contribution in [1.82, 2.24) is 19.9 Å². The summed E-state index contributed by atoms with van der Waals surface area (Å²) in [6.45, 7) is 5.30. The van der Waals surface area contributed by atoms with Gasteiger partial charge >= 0.3 is 0 Å². The van der Waals surface area contributed by atoms with Crippen LogP contribution in [0.1, 0.15) is 33.8 Å². The minimum Gasteiger partial charge on any atom is -0.345 e. The van der Waals surface area contributed by atoms with Gasteiger partial charge in [0.05, 0.1) is 33.8 Å². The first-order chi connectivity index (χ1) is 14.2. The molecule has 4 aromatic rings. The second kappa shape index (κ2) is 8.80. The number of hydrogen-bond donors (Lipinski definition) is 1. The standard InChI is InChI=1S/C22H22N4OS2/c1-3-26-19-10-6-5-9-18(19)25-21(26)12-23-22(27)17-8-4-7-11-20(17)29-14-16-13-28-15(2)24-16/h4-11,13H,3,12,14H2,1-2H3,(H,23,27). The molecule has 7 heteroatoms. The van der Waals surface area contributed by atoms with Gasteiger partial charge in [-0.15, -0.1) is 23.1 Å². The molecule has 0 radical (unpaired) electrons. The molecule has 0 unspecified atom stereocenters. The number of fused-ring (bicyclic) bond motifs is 1. The monoisotopic (exact) mass is 422 g/mol. The normalized spacial score (nSPS) is 11.1. The van der Waals surface area contributed by atoms with E-state index in [1.165, 1.54) is 0 Å². The summed E-state index contributed by atoms with van der Waals surface area (Å²) in [5.41, 5.74) is 3.77. The molecule has 2 heterocycles. The van der Waals surface area contributed by atoms with Gasteiger partial charge in [-0.3, -0.25) is 4.79 Å². The number of benzene rings is 2. The van der Waals surface area contributed by atoms with E-state index in [2.05, 4.69) is 38.2 Å². The molecule has 29 heavy (non-hydrogen) atoms. The summed E-state index contributed by atoms with van der Waals surface area (Å²) in [5.74, 6) is 1.53. The number of rotatable bonds is 7. The van der Waals surface area contributed by atoms with Gasteiger partial charge in [0.25, 0.3) is 5.91 Å². The average molecular weight is 423 g/mol. The van der Waals surface area contributed by atoms with E-state index in [9.17, 15) is 4.79 Å². The first-order valence-electron chi connectivity index (χ1n) is 9.51. The Hall–Kier alpha value is -2.64. The minimum atomic E-state index is -0.0859. The van der Waals surface area contributed by atoms with E-state index in [0.29, 0.717) is 12.1 Å². The van der Waals surface area contributed by atoms with Crippen LogP contribution in [0.25, 0.3) is 11.0 Å². The van der Waals surface area contributed by atoms with E-state index in [-0.39, 0.29) is 5.91 Å². The van der Waals surface area contributed by atoms with E-state index in [1.54, 1.807) is 23.1 Å². The zero-order chi connectivity index (χ0) is 20.2. The van der Waals surface area contributed by atoms with Gasteiger partial charge in [0.2, 0.25) is 0 Å². The van der Waals surface area contributed by atoms with Gasteiger partial charge in [0.1, 0.15) is 5.82 Å². The van der Waals surface area contributed by atoms with Crippen molar-refractivity contribution >= 4 is 40.0 Å². The molecule has 0 aliphatic carbocycles. The number of thiazole rings is 1. The molecule has 0 aliphatic heterocycles. The number of carbonyl (C=O) groups excluding carboxylic acids is 1. The van der Waals surface area contributed by atoms with Crippen LogP contribution < -0.4 is 5.32 Å². The highest BCUT2D eigenvalue weighted by Gasteiger charge is 2.14. The third-order valence-corrected chi connectivity index (χ3v) is 6.56. The number of para-hydroxylation sites is 2. The van der Waals surface area contributed by atoms with Crippen LogP contribution in [0.15, 0.2) is 58.8 Å². The number of thioether (sulfide) groups is 1. The zero-order valence-electron chi connectivity index (χ0n) is 16.4. The molecule has 0 bridgehead atoms. The predicted molar refractivity (Wildman–Crippen MR) is 119 cm³/mol. The van der Waals surface area contributed by atoms with Crippen molar-refractivity contribution in [2.75, 3.05) is 0 Å². The molecule has 5 nitrogen and oxygen atoms in total. The summed E-state index contributed by atoms with van der Waals surface area (Å²) in [4.78, 5) is 23.0. The number of carbonyl (C=O) groups is 1. The topological polar surface area (TPSA) is 59.8 Å². The molecule has 4 rings (SSSR count). The SMILES string of the molecule is CCn1c(CNC(=O)c2ccccc2SCc2csc(C)n2)nc2ccccc21. The van der Waals surface area contributed by atoms with Gasteiger partial charge in [0, 0.05) is 22.6 Å². The van der Waals surface area contributed by atoms with Gasteiger partial charge < -0.3 is 9.88 Å². The van der Waals surface area contributed by atoms with Gasteiger partial charge in [-0.1, -0.05) is 24.3 Å². The maximum Gasteiger partial charge on any atom is 0.252 e. The van der Waals surface area contributed by atoms with Crippen molar-refractivity contribution in [3.63, 3.8) is 0 Å². The second-order valence-corrected chi connectivity index (χ2v) is 8.67. The van der Waals surface area contributed by atoms with Gasteiger partial charge in [-0.05, 0) is 38.1 Å². The van der Waals surface area contributed by atoms with Crippen LogP contribution in [0.2, 0.25) is 0 Å². The van der Waals surface area contributed by atoms with Crippen LogP contribution >= 0.6 is 23.1 Å². The van der Waals surface area contributed by atoms with Gasteiger partial charge in [0.15, 0.2) is 0 Å². The number of hydrogen-bond acceptors (Lipinski definition) is 5. The third-order valence-electron chi connectivity index (χ3n) is 4.63. The molecule has 0 spiro atoms. The summed E-state index contributed by atoms with van der Waals surface area (Å²) in [6, 6.07) is 15.8. The summed E-state index contributed by atoms with van der Waals surface area (Å²) < 4.78 is 2.14. The van der Waals surface area contributed by atoms with E-state index >= 15 is 0 Å². The summed E-state index contributed by atoms with van der Waals surface area (Å²) >= 11 is 3.29. The largest absolute Gasteiger partial charge is 0.345 e. The highest BCUT2D eigenvalue weighted by atomic mass is 32.2. The van der Waals surface area contributed by atoms with Crippen molar-refractivity contribution in [2.45, 2.75) is 37.6 Å². The number of nitrogens with zero attached hydrogens (tertiary/aromatic N) is 3. The first kappa shape index (κ1) is 19.7. The zero-order valence-corrected chi connectivity index (χ0v) is 18.0. The first-order valence-corrected chi connectivity index (χ1v) is 11.4. The Balaban J connectivity index is 1.48. The Bertz CT molecular complexity index is 1150. The molecule has 2 aromatic heterocycles. The molecule has 0 fully saturated rings. The van der Waals surface area contributed by atoms with Crippen molar-refractivity contribution in [3.8, 4) is 0 Å². The van der Waals surface area contributed by atoms with Crippen molar-refractivity contribution in [3.05, 3.63) is 76.0 Å². The van der Waals surface area contributed by atoms with Crippen molar-refractivity contribution in [2.24, 2.45) is 0 Å². The Kier molecular flexibility index (Phi) is 5.97. The lowest BCUT2D eigenvalue weighted by Crippen LogP contribution is -2.25. The van der Waals surface area contributed by atoms with Crippen LogP contribution in [-0.4, -0.2) is 20.4 Å². The summed E-state index contributed by atoms with van der Waals surface area (Å²) in [5, 5.41) is 6.17. The van der Waals surface area contributed by atoms with Crippen LogP contribution in [-0.2, 0) is 18.8 Å². The maximum absolute atomic E-state index is 12.9. The lowest BCUT2D eigenvalue weighted by molar-refractivity contribution is 0.0946. The average Bonchev–Trinajstić information content (AvgIpc) is 3.33. The van der Waals surface area contributed by atoms with Crippen molar-refractivity contribution < 1.29 is 4.79 Å². The molecule has 2 aromatic carbocycles. The number of nitrogens with one attached hydrogen (secondary N) is 1. The Labute approximate surface area is 178 Å². The smallest absolute Gasteiger partial charge is 0.252 e.